The number of rotatable bonds is 7. The number of hydrogen-bond donors (Lipinski definition) is 2. The zero-order valence-corrected chi connectivity index (χ0v) is 12.6. The number of ether oxygens (including phenoxy) is 3. The Hall–Kier alpha value is -1.95. The third kappa shape index (κ3) is 3.21. The molecular weight excluding hydrogens is 274 g/mol. The van der Waals surface area contributed by atoms with E-state index in [1.807, 2.05) is 0 Å². The molecule has 0 radical (unpaired) electrons. The Labute approximate surface area is 124 Å². The standard InChI is InChI=1S/C15H21NO5/c1-19-11-6-10(7-12(20-2)13(11)21-3)14(18)16-8-15(9-17)4-5-15/h6-7,17H,4-5,8-9H2,1-3H3,(H,16,18). The third-order valence-corrected chi connectivity index (χ3v) is 3.84. The average Bonchev–Trinajstić information content (AvgIpc) is 3.31. The first-order valence-electron chi connectivity index (χ1n) is 6.78. The zero-order valence-electron chi connectivity index (χ0n) is 12.6. The molecule has 1 saturated carbocycles. The maximum absolute atomic E-state index is 12.2. The van der Waals surface area contributed by atoms with Gasteiger partial charge in [0, 0.05) is 17.5 Å². The quantitative estimate of drug-likeness (QED) is 0.791. The van der Waals surface area contributed by atoms with Crippen LogP contribution in [0.25, 0.3) is 0 Å². The predicted octanol–water partition coefficient (Wildman–Crippen LogP) is 1.21. The second kappa shape index (κ2) is 6.22. The highest BCUT2D eigenvalue weighted by Crippen LogP contribution is 2.44. The van der Waals surface area contributed by atoms with Crippen LogP contribution in [-0.4, -0.2) is 45.5 Å². The topological polar surface area (TPSA) is 77.0 Å². The molecule has 0 atom stereocenters. The number of amides is 1. The highest BCUT2D eigenvalue weighted by Gasteiger charge is 2.42. The molecule has 1 aliphatic rings. The van der Waals surface area contributed by atoms with E-state index in [2.05, 4.69) is 5.32 Å². The molecule has 0 bridgehead atoms. The van der Waals surface area contributed by atoms with E-state index in [-0.39, 0.29) is 17.9 Å². The molecule has 6 nitrogen and oxygen atoms in total. The highest BCUT2D eigenvalue weighted by molar-refractivity contribution is 5.95. The van der Waals surface area contributed by atoms with Crippen molar-refractivity contribution in [2.45, 2.75) is 12.8 Å². The van der Waals surface area contributed by atoms with Gasteiger partial charge in [0.25, 0.3) is 5.91 Å². The van der Waals surface area contributed by atoms with E-state index in [4.69, 9.17) is 14.2 Å². The lowest BCUT2D eigenvalue weighted by atomic mass is 10.1. The van der Waals surface area contributed by atoms with E-state index in [0.29, 0.717) is 29.4 Å². The van der Waals surface area contributed by atoms with Crippen LogP contribution in [0.2, 0.25) is 0 Å². The normalized spacial score (nSPS) is 15.2. The van der Waals surface area contributed by atoms with Gasteiger partial charge in [-0.05, 0) is 25.0 Å². The lowest BCUT2D eigenvalue weighted by Gasteiger charge is -2.15. The van der Waals surface area contributed by atoms with Gasteiger partial charge in [-0.3, -0.25) is 4.79 Å². The molecule has 0 heterocycles. The van der Waals surface area contributed by atoms with Crippen molar-refractivity contribution in [1.29, 1.82) is 0 Å². The minimum absolute atomic E-state index is 0.0997. The summed E-state index contributed by atoms with van der Waals surface area (Å²) in [6.07, 6.45) is 1.89. The van der Waals surface area contributed by atoms with Crippen LogP contribution < -0.4 is 19.5 Å². The fraction of sp³-hybridized carbons (Fsp3) is 0.533. The molecule has 0 unspecified atom stereocenters. The van der Waals surface area contributed by atoms with Gasteiger partial charge >= 0.3 is 0 Å². The summed E-state index contributed by atoms with van der Waals surface area (Å²) >= 11 is 0. The second-order valence-electron chi connectivity index (χ2n) is 5.25. The van der Waals surface area contributed by atoms with E-state index < -0.39 is 0 Å². The largest absolute Gasteiger partial charge is 0.493 e. The molecule has 1 aliphatic carbocycles. The van der Waals surface area contributed by atoms with Crippen molar-refractivity contribution in [2.75, 3.05) is 34.5 Å². The van der Waals surface area contributed by atoms with Crippen molar-refractivity contribution >= 4 is 5.91 Å². The van der Waals surface area contributed by atoms with Gasteiger partial charge in [0.05, 0.1) is 27.9 Å². The Kier molecular flexibility index (Phi) is 4.57. The Bertz CT molecular complexity index is 500. The van der Waals surface area contributed by atoms with Crippen LogP contribution in [0.15, 0.2) is 12.1 Å². The molecule has 0 aliphatic heterocycles. The number of benzene rings is 1. The monoisotopic (exact) mass is 295 g/mol. The van der Waals surface area contributed by atoms with Crippen molar-refractivity contribution in [3.63, 3.8) is 0 Å². The second-order valence-corrected chi connectivity index (χ2v) is 5.25. The molecule has 6 heteroatoms. The number of aliphatic hydroxyl groups is 1. The van der Waals surface area contributed by atoms with Crippen LogP contribution in [0.4, 0.5) is 0 Å². The maximum atomic E-state index is 12.2. The van der Waals surface area contributed by atoms with Gasteiger partial charge in [-0.2, -0.15) is 0 Å². The molecule has 21 heavy (non-hydrogen) atoms. The lowest BCUT2D eigenvalue weighted by molar-refractivity contribution is 0.0934. The van der Waals surface area contributed by atoms with Gasteiger partial charge in [0.2, 0.25) is 5.75 Å². The minimum atomic E-state index is -0.228. The molecule has 2 N–H and O–H groups in total. The summed E-state index contributed by atoms with van der Waals surface area (Å²) in [6, 6.07) is 3.21. The van der Waals surface area contributed by atoms with Crippen LogP contribution in [0.5, 0.6) is 17.2 Å². The molecule has 1 fully saturated rings. The Morgan fingerprint density at radius 1 is 1.19 bits per heavy atom. The summed E-state index contributed by atoms with van der Waals surface area (Å²) in [5.74, 6) is 1.09. The van der Waals surface area contributed by atoms with Crippen LogP contribution in [0.3, 0.4) is 0 Å². The highest BCUT2D eigenvalue weighted by atomic mass is 16.5. The SMILES string of the molecule is COc1cc(C(=O)NCC2(CO)CC2)cc(OC)c1OC. The average molecular weight is 295 g/mol. The van der Waals surface area contributed by atoms with E-state index in [9.17, 15) is 9.90 Å². The van der Waals surface area contributed by atoms with E-state index >= 15 is 0 Å². The first kappa shape index (κ1) is 15.4. The van der Waals surface area contributed by atoms with Gasteiger partial charge in [0.15, 0.2) is 11.5 Å². The van der Waals surface area contributed by atoms with E-state index in [1.54, 1.807) is 12.1 Å². The number of carbonyl (C=O) groups excluding carboxylic acids is 1. The summed E-state index contributed by atoms with van der Waals surface area (Å²) in [7, 11) is 4.52. The van der Waals surface area contributed by atoms with Crippen molar-refractivity contribution in [1.82, 2.24) is 5.32 Å². The van der Waals surface area contributed by atoms with Gasteiger partial charge in [-0.25, -0.2) is 0 Å². The third-order valence-electron chi connectivity index (χ3n) is 3.84. The van der Waals surface area contributed by atoms with Gasteiger partial charge in [0.1, 0.15) is 0 Å². The van der Waals surface area contributed by atoms with Crippen molar-refractivity contribution in [2.24, 2.45) is 5.41 Å². The Morgan fingerprint density at radius 2 is 1.76 bits per heavy atom. The molecule has 2 rings (SSSR count). The maximum Gasteiger partial charge on any atom is 0.251 e. The van der Waals surface area contributed by atoms with Crippen LogP contribution in [0, 0.1) is 5.41 Å². The Balaban J connectivity index is 2.16. The van der Waals surface area contributed by atoms with Crippen molar-refractivity contribution in [3.8, 4) is 17.2 Å². The number of aliphatic hydroxyl groups excluding tert-OH is 1. The molecule has 1 amide bonds. The number of carbonyl (C=O) groups is 1. The molecule has 1 aromatic rings. The van der Waals surface area contributed by atoms with E-state index in [0.717, 1.165) is 12.8 Å². The number of nitrogens with one attached hydrogen (secondary N) is 1. The molecule has 0 spiro atoms. The smallest absolute Gasteiger partial charge is 0.251 e. The first-order valence-corrected chi connectivity index (χ1v) is 6.78. The molecule has 0 aromatic heterocycles. The molecule has 116 valence electrons. The van der Waals surface area contributed by atoms with Crippen molar-refractivity contribution in [3.05, 3.63) is 17.7 Å². The summed E-state index contributed by atoms with van der Waals surface area (Å²) in [4.78, 5) is 12.2. The summed E-state index contributed by atoms with van der Waals surface area (Å²) < 4.78 is 15.7. The predicted molar refractivity (Wildman–Crippen MR) is 77.2 cm³/mol. The molecule has 1 aromatic carbocycles. The van der Waals surface area contributed by atoms with E-state index in [1.165, 1.54) is 21.3 Å². The number of methoxy groups -OCH3 is 3. The van der Waals surface area contributed by atoms with Gasteiger partial charge < -0.3 is 24.6 Å². The van der Waals surface area contributed by atoms with Crippen molar-refractivity contribution < 1.29 is 24.1 Å². The summed E-state index contributed by atoms with van der Waals surface area (Å²) in [6.45, 7) is 0.571. The van der Waals surface area contributed by atoms with Gasteiger partial charge in [-0.15, -0.1) is 0 Å². The number of hydrogen-bond acceptors (Lipinski definition) is 5. The first-order chi connectivity index (χ1) is 10.1. The molecular formula is C15H21NO5. The minimum Gasteiger partial charge on any atom is -0.493 e. The fourth-order valence-corrected chi connectivity index (χ4v) is 2.15. The fourth-order valence-electron chi connectivity index (χ4n) is 2.15. The van der Waals surface area contributed by atoms with Crippen LogP contribution in [-0.2, 0) is 0 Å². The van der Waals surface area contributed by atoms with Crippen LogP contribution >= 0.6 is 0 Å². The summed E-state index contributed by atoms with van der Waals surface area (Å²) in [5, 5.41) is 12.1. The molecule has 0 saturated heterocycles. The summed E-state index contributed by atoms with van der Waals surface area (Å²) in [5.41, 5.74) is 0.300. The Morgan fingerprint density at radius 3 is 2.14 bits per heavy atom. The van der Waals surface area contributed by atoms with Gasteiger partial charge in [-0.1, -0.05) is 0 Å². The lowest BCUT2D eigenvalue weighted by Crippen LogP contribution is -2.31. The zero-order chi connectivity index (χ0) is 15.5. The van der Waals surface area contributed by atoms with Crippen LogP contribution in [0.1, 0.15) is 23.2 Å².